The Kier molecular flexibility index (Phi) is 8.81. The van der Waals surface area contributed by atoms with E-state index < -0.39 is 41.1 Å². The molecule has 3 rings (SSSR count). The van der Waals surface area contributed by atoms with Crippen molar-refractivity contribution in [3.05, 3.63) is 25.3 Å². The van der Waals surface area contributed by atoms with Crippen LogP contribution in [-0.2, 0) is 23.9 Å². The molecule has 3 aliphatic heterocycles. The van der Waals surface area contributed by atoms with Crippen molar-refractivity contribution in [1.82, 2.24) is 9.80 Å². The molecule has 0 aliphatic carbocycles. The average Bonchev–Trinajstić information content (AvgIpc) is 3.41. The molecule has 1 spiro atoms. The van der Waals surface area contributed by atoms with E-state index in [1.807, 2.05) is 6.92 Å². The van der Waals surface area contributed by atoms with Crippen molar-refractivity contribution in [2.75, 3.05) is 26.3 Å². The van der Waals surface area contributed by atoms with E-state index in [9.17, 15) is 19.5 Å². The van der Waals surface area contributed by atoms with Gasteiger partial charge in [0.1, 0.15) is 17.6 Å². The van der Waals surface area contributed by atoms with Crippen molar-refractivity contribution in [2.24, 2.45) is 11.8 Å². The highest BCUT2D eigenvalue weighted by Gasteiger charge is 2.78. The number of amides is 2. The first kappa shape index (κ1) is 27.4. The molecule has 196 valence electrons. The number of esters is 1. The van der Waals surface area contributed by atoms with Crippen LogP contribution in [0.2, 0.25) is 0 Å². The van der Waals surface area contributed by atoms with Crippen molar-refractivity contribution in [3.8, 4) is 0 Å². The van der Waals surface area contributed by atoms with Crippen LogP contribution in [-0.4, -0.2) is 82.3 Å². The molecule has 3 aliphatic rings. The summed E-state index contributed by atoms with van der Waals surface area (Å²) in [4.78, 5) is 44.4. The summed E-state index contributed by atoms with van der Waals surface area (Å²) in [5.74, 6) is -2.56. The van der Waals surface area contributed by atoms with Gasteiger partial charge in [-0.1, -0.05) is 31.9 Å². The molecule has 2 amide bonds. The Morgan fingerprint density at radius 2 is 2.03 bits per heavy atom. The summed E-state index contributed by atoms with van der Waals surface area (Å²) in [6, 6.07) is -1.48. The zero-order chi connectivity index (χ0) is 25.8. The van der Waals surface area contributed by atoms with Crippen LogP contribution in [0.3, 0.4) is 0 Å². The van der Waals surface area contributed by atoms with Gasteiger partial charge in [0.15, 0.2) is 0 Å². The summed E-state index contributed by atoms with van der Waals surface area (Å²) < 4.78 is 12.2. The van der Waals surface area contributed by atoms with Crippen LogP contribution in [0, 0.1) is 11.8 Å². The van der Waals surface area contributed by atoms with Gasteiger partial charge in [-0.2, -0.15) is 0 Å². The lowest BCUT2D eigenvalue weighted by molar-refractivity contribution is -0.161. The number of fused-ring (bicyclic) bond motifs is 1. The quantitative estimate of drug-likeness (QED) is 0.229. The Hall–Kier alpha value is -2.19. The van der Waals surface area contributed by atoms with Crippen molar-refractivity contribution in [3.63, 3.8) is 0 Å². The Balaban J connectivity index is 1.96. The first-order valence-corrected chi connectivity index (χ1v) is 13.0. The van der Waals surface area contributed by atoms with E-state index in [4.69, 9.17) is 9.47 Å². The standard InChI is InChI=1S/C27H42N2O6/c1-6-9-11-16-28(15-8-3)24(32)22-27-14-13-26(5,35-27)21(25(33)34-17-12-10-7-2)20(27)23(31)29(22)19(4)18-30/h7-8,19-22,30H,2-3,6,9-18H2,1,4-5H3/t19-,20+,21-,22?,26+,27?/m1/s1. The summed E-state index contributed by atoms with van der Waals surface area (Å²) in [6.07, 6.45) is 8.77. The second-order valence-electron chi connectivity index (χ2n) is 10.4. The summed E-state index contributed by atoms with van der Waals surface area (Å²) in [6.45, 7) is 14.0. The van der Waals surface area contributed by atoms with E-state index in [1.165, 1.54) is 4.90 Å². The lowest BCUT2D eigenvalue weighted by Gasteiger charge is -2.38. The number of hydrogen-bond acceptors (Lipinski definition) is 6. The van der Waals surface area contributed by atoms with Gasteiger partial charge in [0.05, 0.1) is 30.8 Å². The molecular formula is C27H42N2O6. The van der Waals surface area contributed by atoms with E-state index in [2.05, 4.69) is 20.1 Å². The van der Waals surface area contributed by atoms with Crippen molar-refractivity contribution < 1.29 is 29.0 Å². The molecule has 8 heteroatoms. The minimum Gasteiger partial charge on any atom is -0.465 e. The molecule has 0 aromatic heterocycles. The number of unbranched alkanes of at least 4 members (excludes halogenated alkanes) is 3. The van der Waals surface area contributed by atoms with Crippen LogP contribution >= 0.6 is 0 Å². The summed E-state index contributed by atoms with van der Waals surface area (Å²) >= 11 is 0. The SMILES string of the molecule is C=CCCCOC(=O)[C@H]1[C@H]2C(=O)N([C@H](C)CO)C(C(=O)N(CC=C)CCCCC)C23CC[C@]1(C)O3. The number of ether oxygens (including phenoxy) is 2. The first-order chi connectivity index (χ1) is 16.7. The molecule has 8 nitrogen and oxygen atoms in total. The molecule has 0 radical (unpaired) electrons. The zero-order valence-electron chi connectivity index (χ0n) is 21.5. The van der Waals surface area contributed by atoms with Gasteiger partial charge in [-0.15, -0.1) is 13.2 Å². The number of allylic oxidation sites excluding steroid dienone is 1. The minimum atomic E-state index is -1.11. The molecule has 3 heterocycles. The third-order valence-electron chi connectivity index (χ3n) is 7.93. The van der Waals surface area contributed by atoms with E-state index in [0.29, 0.717) is 32.4 Å². The van der Waals surface area contributed by atoms with E-state index in [-0.39, 0.29) is 25.0 Å². The van der Waals surface area contributed by atoms with Gasteiger partial charge in [0.25, 0.3) is 0 Å². The van der Waals surface area contributed by atoms with Gasteiger partial charge in [0, 0.05) is 13.1 Å². The molecular weight excluding hydrogens is 448 g/mol. The number of hydrogen-bond donors (Lipinski definition) is 1. The zero-order valence-corrected chi connectivity index (χ0v) is 21.5. The smallest absolute Gasteiger partial charge is 0.312 e. The second-order valence-corrected chi connectivity index (χ2v) is 10.4. The van der Waals surface area contributed by atoms with Gasteiger partial charge >= 0.3 is 5.97 Å². The summed E-state index contributed by atoms with van der Waals surface area (Å²) in [5, 5.41) is 9.98. The molecule has 3 fully saturated rings. The van der Waals surface area contributed by atoms with Gasteiger partial charge < -0.3 is 24.4 Å². The third kappa shape index (κ3) is 4.79. The lowest BCUT2D eigenvalue weighted by Crippen LogP contribution is -2.58. The monoisotopic (exact) mass is 490 g/mol. The highest BCUT2D eigenvalue weighted by atomic mass is 16.6. The maximum absolute atomic E-state index is 14.1. The molecule has 1 N–H and O–H groups in total. The third-order valence-corrected chi connectivity index (χ3v) is 7.93. The fourth-order valence-corrected chi connectivity index (χ4v) is 6.23. The summed E-state index contributed by atoms with van der Waals surface area (Å²) in [5.41, 5.74) is -1.98. The predicted octanol–water partition coefficient (Wildman–Crippen LogP) is 2.85. The highest BCUT2D eigenvalue weighted by molar-refractivity contribution is 5.98. The van der Waals surface area contributed by atoms with Crippen LogP contribution in [0.1, 0.15) is 65.7 Å². The number of carbonyl (C=O) groups excluding carboxylic acids is 3. The van der Waals surface area contributed by atoms with Gasteiger partial charge in [-0.05, 0) is 46.0 Å². The van der Waals surface area contributed by atoms with Crippen molar-refractivity contribution >= 4 is 17.8 Å². The van der Waals surface area contributed by atoms with Gasteiger partial charge in [-0.3, -0.25) is 14.4 Å². The number of rotatable bonds is 14. The molecule has 0 saturated carbocycles. The largest absolute Gasteiger partial charge is 0.465 e. The Morgan fingerprint density at radius 3 is 2.66 bits per heavy atom. The maximum Gasteiger partial charge on any atom is 0.312 e. The number of nitrogens with zero attached hydrogens (tertiary/aromatic N) is 2. The Labute approximate surface area is 209 Å². The number of likely N-dealkylation sites (tertiary alicyclic amines) is 1. The highest BCUT2D eigenvalue weighted by Crippen LogP contribution is 2.63. The molecule has 2 unspecified atom stereocenters. The number of carbonyl (C=O) groups is 3. The molecule has 2 bridgehead atoms. The van der Waals surface area contributed by atoms with E-state index in [0.717, 1.165) is 25.7 Å². The van der Waals surface area contributed by atoms with E-state index >= 15 is 0 Å². The molecule has 6 atom stereocenters. The minimum absolute atomic E-state index is 0.207. The van der Waals surface area contributed by atoms with Crippen LogP contribution < -0.4 is 0 Å². The molecule has 35 heavy (non-hydrogen) atoms. The van der Waals surface area contributed by atoms with Crippen LogP contribution in [0.25, 0.3) is 0 Å². The summed E-state index contributed by atoms with van der Waals surface area (Å²) in [7, 11) is 0. The molecule has 0 aromatic rings. The first-order valence-electron chi connectivity index (χ1n) is 13.0. The predicted molar refractivity (Wildman–Crippen MR) is 132 cm³/mol. The fourth-order valence-electron chi connectivity index (χ4n) is 6.23. The lowest BCUT2D eigenvalue weighted by atomic mass is 9.66. The van der Waals surface area contributed by atoms with Gasteiger partial charge in [-0.25, -0.2) is 0 Å². The van der Waals surface area contributed by atoms with Gasteiger partial charge in [0.2, 0.25) is 11.8 Å². The van der Waals surface area contributed by atoms with Crippen molar-refractivity contribution in [1.29, 1.82) is 0 Å². The van der Waals surface area contributed by atoms with Crippen molar-refractivity contribution in [2.45, 2.75) is 89.0 Å². The van der Waals surface area contributed by atoms with E-state index in [1.54, 1.807) is 24.0 Å². The molecule has 3 saturated heterocycles. The molecule has 0 aromatic carbocycles. The Bertz CT molecular complexity index is 830. The Morgan fingerprint density at radius 1 is 1.29 bits per heavy atom. The van der Waals surface area contributed by atoms with Crippen LogP contribution in [0.4, 0.5) is 0 Å². The number of aliphatic hydroxyl groups is 1. The number of aliphatic hydroxyl groups excluding tert-OH is 1. The maximum atomic E-state index is 14.1. The topological polar surface area (TPSA) is 96.4 Å². The van der Waals surface area contributed by atoms with Crippen LogP contribution in [0.5, 0.6) is 0 Å². The average molecular weight is 491 g/mol. The normalized spacial score (nSPS) is 31.8. The second kappa shape index (κ2) is 11.2. The van der Waals surface area contributed by atoms with Crippen LogP contribution in [0.15, 0.2) is 25.3 Å². The fraction of sp³-hybridized carbons (Fsp3) is 0.741.